The molecule has 2 atom stereocenters. The van der Waals surface area contributed by atoms with Gasteiger partial charge in [0.1, 0.15) is 5.75 Å². The van der Waals surface area contributed by atoms with Gasteiger partial charge in [0.25, 0.3) is 11.8 Å². The predicted octanol–water partition coefficient (Wildman–Crippen LogP) is 6.51. The van der Waals surface area contributed by atoms with Crippen LogP contribution >= 0.6 is 11.6 Å². The molecule has 0 saturated heterocycles. The first-order chi connectivity index (χ1) is 15.4. The zero-order valence-corrected chi connectivity index (χ0v) is 19.1. The van der Waals surface area contributed by atoms with E-state index in [1.165, 1.54) is 0 Å². The highest BCUT2D eigenvalue weighted by Crippen LogP contribution is 2.29. The summed E-state index contributed by atoms with van der Waals surface area (Å²) in [5.41, 5.74) is 2.60. The standard InChI is InChI=1S/C26H27ClN2O3/c1-4-17(2)23-13-5-6-14-24(23)32-18(3)25(30)28-21-11-7-9-19(15-21)26(31)29-22-12-8-10-20(27)16-22/h5-18H,4H2,1-3H3,(H,28,30)(H,29,31). The molecule has 3 aromatic carbocycles. The summed E-state index contributed by atoms with van der Waals surface area (Å²) in [5, 5.41) is 6.16. The van der Waals surface area contributed by atoms with Crippen molar-refractivity contribution in [1.29, 1.82) is 0 Å². The monoisotopic (exact) mass is 450 g/mol. The lowest BCUT2D eigenvalue weighted by molar-refractivity contribution is -0.122. The highest BCUT2D eigenvalue weighted by atomic mass is 35.5. The minimum absolute atomic E-state index is 0.295. The van der Waals surface area contributed by atoms with E-state index < -0.39 is 6.10 Å². The molecule has 0 bridgehead atoms. The number of para-hydroxylation sites is 1. The third-order valence-electron chi connectivity index (χ3n) is 5.21. The molecule has 3 aromatic rings. The number of nitrogens with one attached hydrogen (secondary N) is 2. The van der Waals surface area contributed by atoms with Crippen molar-refractivity contribution in [1.82, 2.24) is 0 Å². The summed E-state index contributed by atoms with van der Waals surface area (Å²) in [4.78, 5) is 25.3. The highest BCUT2D eigenvalue weighted by Gasteiger charge is 2.18. The highest BCUT2D eigenvalue weighted by molar-refractivity contribution is 6.31. The van der Waals surface area contributed by atoms with Crippen LogP contribution in [0.1, 0.15) is 49.0 Å². The zero-order valence-electron chi connectivity index (χ0n) is 18.4. The first-order valence-corrected chi connectivity index (χ1v) is 11.0. The number of ether oxygens (including phenoxy) is 1. The zero-order chi connectivity index (χ0) is 23.1. The average Bonchev–Trinajstić information content (AvgIpc) is 2.79. The van der Waals surface area contributed by atoms with Crippen molar-refractivity contribution in [3.05, 3.63) is 88.9 Å². The van der Waals surface area contributed by atoms with Gasteiger partial charge in [0.15, 0.2) is 6.10 Å². The molecule has 2 N–H and O–H groups in total. The van der Waals surface area contributed by atoms with E-state index in [4.69, 9.17) is 16.3 Å². The molecular weight excluding hydrogens is 424 g/mol. The number of hydrogen-bond donors (Lipinski definition) is 2. The second-order valence-corrected chi connectivity index (χ2v) is 8.08. The Balaban J connectivity index is 1.66. The van der Waals surface area contributed by atoms with Gasteiger partial charge < -0.3 is 15.4 Å². The van der Waals surface area contributed by atoms with E-state index >= 15 is 0 Å². The average molecular weight is 451 g/mol. The van der Waals surface area contributed by atoms with E-state index in [-0.39, 0.29) is 11.8 Å². The molecule has 0 aromatic heterocycles. The fraction of sp³-hybridized carbons (Fsp3) is 0.231. The SMILES string of the molecule is CCC(C)c1ccccc1OC(C)C(=O)Nc1cccc(C(=O)Nc2cccc(Cl)c2)c1. The van der Waals surface area contributed by atoms with Gasteiger partial charge in [-0.2, -0.15) is 0 Å². The van der Waals surface area contributed by atoms with Crippen molar-refractivity contribution >= 4 is 34.8 Å². The van der Waals surface area contributed by atoms with E-state index in [1.807, 2.05) is 24.3 Å². The Morgan fingerprint density at radius 3 is 2.31 bits per heavy atom. The molecule has 2 unspecified atom stereocenters. The second kappa shape index (κ2) is 10.8. The van der Waals surface area contributed by atoms with Gasteiger partial charge in [0.05, 0.1) is 0 Å². The summed E-state index contributed by atoms with van der Waals surface area (Å²) < 4.78 is 5.97. The van der Waals surface area contributed by atoms with Crippen LogP contribution in [-0.2, 0) is 4.79 Å². The van der Waals surface area contributed by atoms with Gasteiger partial charge in [-0.3, -0.25) is 9.59 Å². The summed E-state index contributed by atoms with van der Waals surface area (Å²) >= 11 is 5.97. The second-order valence-electron chi connectivity index (χ2n) is 7.64. The number of rotatable bonds is 8. The maximum Gasteiger partial charge on any atom is 0.265 e. The molecule has 0 saturated carbocycles. The van der Waals surface area contributed by atoms with E-state index in [0.717, 1.165) is 12.0 Å². The maximum absolute atomic E-state index is 12.7. The normalized spacial score (nSPS) is 12.5. The van der Waals surface area contributed by atoms with Crippen LogP contribution in [0.5, 0.6) is 5.75 Å². The van der Waals surface area contributed by atoms with Crippen LogP contribution in [0.4, 0.5) is 11.4 Å². The number of amides is 2. The molecule has 0 radical (unpaired) electrons. The molecule has 166 valence electrons. The summed E-state index contributed by atoms with van der Waals surface area (Å²) in [7, 11) is 0. The van der Waals surface area contributed by atoms with Crippen LogP contribution in [0.2, 0.25) is 5.02 Å². The Kier molecular flexibility index (Phi) is 7.90. The van der Waals surface area contributed by atoms with E-state index in [1.54, 1.807) is 55.5 Å². The van der Waals surface area contributed by atoms with E-state index in [2.05, 4.69) is 24.5 Å². The molecule has 0 aliphatic rings. The third kappa shape index (κ3) is 6.11. The fourth-order valence-corrected chi connectivity index (χ4v) is 3.40. The van der Waals surface area contributed by atoms with E-state index in [0.29, 0.717) is 33.6 Å². The molecule has 32 heavy (non-hydrogen) atoms. The van der Waals surface area contributed by atoms with Gasteiger partial charge in [0, 0.05) is 22.0 Å². The fourth-order valence-electron chi connectivity index (χ4n) is 3.21. The smallest absolute Gasteiger partial charge is 0.265 e. The maximum atomic E-state index is 12.7. The Morgan fingerprint density at radius 2 is 1.59 bits per heavy atom. The van der Waals surface area contributed by atoms with Crippen LogP contribution in [0.25, 0.3) is 0 Å². The molecule has 0 heterocycles. The quantitative estimate of drug-likeness (QED) is 0.411. The molecule has 5 nitrogen and oxygen atoms in total. The number of anilines is 2. The van der Waals surface area contributed by atoms with Gasteiger partial charge in [-0.1, -0.05) is 55.8 Å². The Hall–Kier alpha value is -3.31. The van der Waals surface area contributed by atoms with Crippen molar-refractivity contribution < 1.29 is 14.3 Å². The minimum atomic E-state index is -0.704. The van der Waals surface area contributed by atoms with Crippen molar-refractivity contribution in [3.63, 3.8) is 0 Å². The first kappa shape index (κ1) is 23.4. The van der Waals surface area contributed by atoms with Gasteiger partial charge >= 0.3 is 0 Å². The van der Waals surface area contributed by atoms with Crippen LogP contribution in [0, 0.1) is 0 Å². The van der Waals surface area contributed by atoms with Gasteiger partial charge in [-0.25, -0.2) is 0 Å². The summed E-state index contributed by atoms with van der Waals surface area (Å²) in [5.74, 6) is 0.446. The van der Waals surface area contributed by atoms with Crippen LogP contribution in [0.15, 0.2) is 72.8 Å². The Bertz CT molecular complexity index is 1100. The van der Waals surface area contributed by atoms with Crippen molar-refractivity contribution in [2.24, 2.45) is 0 Å². The number of carbonyl (C=O) groups excluding carboxylic acids is 2. The number of benzene rings is 3. The first-order valence-electron chi connectivity index (χ1n) is 10.6. The molecule has 6 heteroatoms. The topological polar surface area (TPSA) is 67.4 Å². The van der Waals surface area contributed by atoms with E-state index in [9.17, 15) is 9.59 Å². The van der Waals surface area contributed by atoms with Gasteiger partial charge in [0.2, 0.25) is 0 Å². The number of halogens is 1. The largest absolute Gasteiger partial charge is 0.481 e. The van der Waals surface area contributed by atoms with Gasteiger partial charge in [-0.15, -0.1) is 0 Å². The Labute approximate surface area is 193 Å². The predicted molar refractivity (Wildman–Crippen MR) is 130 cm³/mol. The third-order valence-corrected chi connectivity index (χ3v) is 5.45. The lowest BCUT2D eigenvalue weighted by Gasteiger charge is -2.19. The lowest BCUT2D eigenvalue weighted by Crippen LogP contribution is -2.30. The van der Waals surface area contributed by atoms with Crippen LogP contribution in [-0.4, -0.2) is 17.9 Å². The van der Waals surface area contributed by atoms with Crippen molar-refractivity contribution in [2.45, 2.75) is 39.2 Å². The van der Waals surface area contributed by atoms with Crippen molar-refractivity contribution in [2.75, 3.05) is 10.6 Å². The lowest BCUT2D eigenvalue weighted by atomic mass is 9.98. The van der Waals surface area contributed by atoms with Crippen LogP contribution in [0.3, 0.4) is 0 Å². The minimum Gasteiger partial charge on any atom is -0.481 e. The van der Waals surface area contributed by atoms with Crippen molar-refractivity contribution in [3.8, 4) is 5.75 Å². The molecule has 0 spiro atoms. The molecule has 0 fully saturated rings. The summed E-state index contributed by atoms with van der Waals surface area (Å²) in [6.07, 6.45) is 0.273. The summed E-state index contributed by atoms with van der Waals surface area (Å²) in [6.45, 7) is 5.96. The van der Waals surface area contributed by atoms with Gasteiger partial charge in [-0.05, 0) is 67.3 Å². The molecular formula is C26H27ClN2O3. The Morgan fingerprint density at radius 1 is 0.906 bits per heavy atom. The molecule has 2 amide bonds. The molecule has 0 aliphatic heterocycles. The number of hydrogen-bond acceptors (Lipinski definition) is 3. The van der Waals surface area contributed by atoms with Crippen LogP contribution < -0.4 is 15.4 Å². The summed E-state index contributed by atoms with van der Waals surface area (Å²) in [6, 6.07) is 21.4. The number of carbonyl (C=O) groups is 2. The molecule has 0 aliphatic carbocycles. The molecule has 3 rings (SSSR count).